The van der Waals surface area contributed by atoms with Gasteiger partial charge >= 0.3 is 61.6 Å². The van der Waals surface area contributed by atoms with Crippen LogP contribution in [0, 0.1) is 0 Å². The topological polar surface area (TPSA) is 220 Å². The van der Waals surface area contributed by atoms with Gasteiger partial charge in [0, 0.05) is 0 Å². The van der Waals surface area contributed by atoms with Crippen molar-refractivity contribution < 1.29 is 64.1 Å². The van der Waals surface area contributed by atoms with E-state index in [1.165, 1.54) is 360 Å². The van der Waals surface area contributed by atoms with E-state index >= 15 is 0 Å². The Morgan fingerprint density at radius 1 is 0.223 bits per heavy atom. The third-order valence-electron chi connectivity index (χ3n) is 23.0. The first-order valence-corrected chi connectivity index (χ1v) is 52.9. The number of carbonyl (C=O) groups excluding carboxylic acids is 4. The molecular formula is C104H178CaO14S2. The van der Waals surface area contributed by atoms with Crippen LogP contribution < -0.4 is 0 Å². The molecule has 14 nitrogen and oxygen atoms in total. The van der Waals surface area contributed by atoms with Gasteiger partial charge < -0.3 is 28.1 Å². The van der Waals surface area contributed by atoms with Gasteiger partial charge in [-0.1, -0.05) is 410 Å². The van der Waals surface area contributed by atoms with E-state index in [2.05, 4.69) is 76.3 Å². The molecule has 0 saturated carbocycles. The third kappa shape index (κ3) is 75.1. The van der Waals surface area contributed by atoms with Crippen LogP contribution in [0.25, 0.3) is 0 Å². The molecule has 0 aliphatic carbocycles. The van der Waals surface area contributed by atoms with Crippen molar-refractivity contribution >= 4 is 81.9 Å². The standard InChI is InChI=1S/2C52H90O7S.Ca/c2*1-3-5-7-9-11-13-15-17-19-21-23-25-27-29-31-33-35-37-39-41-45-58-51(53)49-44-43-48(60(55,56)57)47-50(49)52(54)59-46-42-40-38-36-34-32-30-28-26-24-22-20-18-16-14-12-10-8-6-4-2;/h2*33-36,43-44,47H,3-32,37-42,45-46H2,1-2H3,(H,55,56,57);/q;;+2/p-2/b2*35-33+,36-34+;. The van der Waals surface area contributed by atoms with Crippen molar-refractivity contribution in [2.75, 3.05) is 26.4 Å². The molecule has 0 fully saturated rings. The summed E-state index contributed by atoms with van der Waals surface area (Å²) in [6, 6.07) is 6.22. The molecule has 0 aromatic heterocycles. The Kier molecular flexibility index (Phi) is 85.7. The Labute approximate surface area is 773 Å². The number of esters is 4. The molecule has 0 saturated heterocycles. The zero-order chi connectivity index (χ0) is 87.2. The van der Waals surface area contributed by atoms with Gasteiger partial charge in [-0.2, -0.15) is 0 Å². The molecule has 121 heavy (non-hydrogen) atoms. The molecule has 0 spiro atoms. The molecule has 0 bridgehead atoms. The van der Waals surface area contributed by atoms with Crippen LogP contribution in [0.5, 0.6) is 0 Å². The number of benzene rings is 2. The van der Waals surface area contributed by atoms with Gasteiger partial charge in [-0.05, 0) is 165 Å². The summed E-state index contributed by atoms with van der Waals surface area (Å²) < 4.78 is 91.7. The smallest absolute Gasteiger partial charge is 0.744 e. The van der Waals surface area contributed by atoms with Gasteiger partial charge in [0.1, 0.15) is 20.2 Å². The molecule has 0 radical (unpaired) electrons. The van der Waals surface area contributed by atoms with Gasteiger partial charge in [-0.15, -0.1) is 0 Å². The largest absolute Gasteiger partial charge is 2.00 e. The van der Waals surface area contributed by atoms with Gasteiger partial charge in [0.2, 0.25) is 0 Å². The average molecular weight is 1760 g/mol. The zero-order valence-corrected chi connectivity index (χ0v) is 81.9. The second kappa shape index (κ2) is 88.4. The van der Waals surface area contributed by atoms with Gasteiger partial charge in [0.25, 0.3) is 0 Å². The molecule has 0 amide bonds. The Balaban J connectivity index is 0.00000236. The molecule has 0 N–H and O–H groups in total. The van der Waals surface area contributed by atoms with Crippen LogP contribution >= 0.6 is 0 Å². The summed E-state index contributed by atoms with van der Waals surface area (Å²) in [5.74, 6) is -3.17. The van der Waals surface area contributed by atoms with Gasteiger partial charge in [0.15, 0.2) is 0 Å². The first-order chi connectivity index (χ1) is 58.6. The van der Waals surface area contributed by atoms with Crippen molar-refractivity contribution in [3.63, 3.8) is 0 Å². The summed E-state index contributed by atoms with van der Waals surface area (Å²) in [5.41, 5.74) is -0.744. The van der Waals surface area contributed by atoms with E-state index in [4.69, 9.17) is 18.9 Å². The third-order valence-corrected chi connectivity index (χ3v) is 24.7. The maximum atomic E-state index is 13.0. The molecule has 0 atom stereocenters. The van der Waals surface area contributed by atoms with Gasteiger partial charge in [-0.25, -0.2) is 36.0 Å². The predicted molar refractivity (Wildman–Crippen MR) is 507 cm³/mol. The van der Waals surface area contributed by atoms with Crippen LogP contribution in [0.2, 0.25) is 0 Å². The minimum absolute atomic E-state index is 0. The predicted octanol–water partition coefficient (Wildman–Crippen LogP) is 31.8. The van der Waals surface area contributed by atoms with E-state index in [0.717, 1.165) is 113 Å². The van der Waals surface area contributed by atoms with Crippen LogP contribution in [0.4, 0.5) is 0 Å². The SMILES string of the molecule is CCCCCCCCCCCCCCCC/C=C/CCCCOC(=O)c1ccc(S(=O)(=O)[O-])cc1C(=O)OCCCC/C=C/CCCCCCCCCCCCCCCC.CCCCCCCCCCCCCCCC/C=C/CCCCOC(=O)c1ccc(S(=O)(=O)[O-])cc1C(=O)OCCCC/C=C/CCCCCCCCCCCCCCCC.[Ca+2]. The van der Waals surface area contributed by atoms with Crippen molar-refractivity contribution in [3.8, 4) is 0 Å². The van der Waals surface area contributed by atoms with Gasteiger partial charge in [0.05, 0.1) is 58.5 Å². The van der Waals surface area contributed by atoms with Crippen LogP contribution in [-0.4, -0.2) is 114 Å². The van der Waals surface area contributed by atoms with Crippen molar-refractivity contribution in [2.45, 2.75) is 500 Å². The Hall–Kier alpha value is -3.64. The summed E-state index contributed by atoms with van der Waals surface area (Å²) in [4.78, 5) is 50.6. The molecule has 17 heteroatoms. The van der Waals surface area contributed by atoms with E-state index in [-0.39, 0.29) is 86.4 Å². The van der Waals surface area contributed by atoms with E-state index in [9.17, 15) is 45.1 Å². The monoisotopic (exact) mass is 1760 g/mol. The molecule has 0 unspecified atom stereocenters. The number of rotatable bonds is 86. The molecule has 0 aliphatic rings. The normalized spacial score (nSPS) is 11.8. The molecule has 0 heterocycles. The van der Waals surface area contributed by atoms with E-state index in [0.29, 0.717) is 25.7 Å². The van der Waals surface area contributed by atoms with Crippen molar-refractivity contribution in [3.05, 3.63) is 107 Å². The fourth-order valence-electron chi connectivity index (χ4n) is 15.2. The second-order valence-corrected chi connectivity index (χ2v) is 37.0. The Morgan fingerprint density at radius 2 is 0.364 bits per heavy atom. The minimum atomic E-state index is -4.83. The maximum absolute atomic E-state index is 13.0. The number of unbranched alkanes of at least 4 members (excludes halogenated alkanes) is 64. The molecule has 2 aromatic rings. The van der Waals surface area contributed by atoms with E-state index in [1.807, 2.05) is 0 Å². The molecule has 692 valence electrons. The first kappa shape index (κ1) is 117. The van der Waals surface area contributed by atoms with E-state index < -0.39 is 53.9 Å². The number of hydrogen-bond donors (Lipinski definition) is 0. The molecule has 2 rings (SSSR count). The minimum Gasteiger partial charge on any atom is -0.744 e. The Bertz CT molecular complexity index is 2880. The number of carbonyl (C=O) groups is 4. The summed E-state index contributed by atoms with van der Waals surface area (Å²) in [6.07, 6.45) is 108. The van der Waals surface area contributed by atoms with E-state index in [1.54, 1.807) is 0 Å². The average Bonchev–Trinajstić information content (AvgIpc) is 0.813. The van der Waals surface area contributed by atoms with Gasteiger partial charge in [-0.3, -0.25) is 0 Å². The Morgan fingerprint density at radius 3 is 0.521 bits per heavy atom. The fraction of sp³-hybridized carbons (Fsp3) is 0.769. The number of ether oxygens (including phenoxy) is 4. The molecular weight excluding hydrogens is 1580 g/mol. The number of hydrogen-bond acceptors (Lipinski definition) is 14. The maximum Gasteiger partial charge on any atom is 2.00 e. The zero-order valence-electron chi connectivity index (χ0n) is 78.1. The van der Waals surface area contributed by atoms with Crippen LogP contribution in [-0.2, 0) is 39.2 Å². The van der Waals surface area contributed by atoms with Crippen molar-refractivity contribution in [1.82, 2.24) is 0 Å². The first-order valence-electron chi connectivity index (χ1n) is 50.1. The quantitative estimate of drug-likeness (QED) is 0.0150. The molecule has 2 aromatic carbocycles. The van der Waals surface area contributed by atoms with Crippen LogP contribution in [0.1, 0.15) is 531 Å². The summed E-state index contributed by atoms with van der Waals surface area (Å²) in [7, 11) is -9.66. The second-order valence-electron chi connectivity index (χ2n) is 34.3. The van der Waals surface area contributed by atoms with Crippen LogP contribution in [0.3, 0.4) is 0 Å². The summed E-state index contributed by atoms with van der Waals surface area (Å²) in [5, 5.41) is 0. The summed E-state index contributed by atoms with van der Waals surface area (Å²) >= 11 is 0. The van der Waals surface area contributed by atoms with Crippen molar-refractivity contribution in [2.24, 2.45) is 0 Å². The van der Waals surface area contributed by atoms with Crippen LogP contribution in [0.15, 0.2) is 94.8 Å². The number of allylic oxidation sites excluding steroid dienone is 8. The summed E-state index contributed by atoms with van der Waals surface area (Å²) in [6.45, 7) is 9.69. The molecule has 0 aliphatic heterocycles. The van der Waals surface area contributed by atoms with Crippen molar-refractivity contribution in [1.29, 1.82) is 0 Å². The fourth-order valence-corrected chi connectivity index (χ4v) is 16.2.